The number of carbonyl (C=O) groups is 1. The van der Waals surface area contributed by atoms with Gasteiger partial charge < -0.3 is 14.4 Å². The number of nitrogens with zero attached hydrogens (tertiary/aromatic N) is 2. The van der Waals surface area contributed by atoms with Crippen molar-refractivity contribution in [2.75, 3.05) is 19.7 Å². The van der Waals surface area contributed by atoms with E-state index >= 15 is 0 Å². The maximum Gasteiger partial charge on any atom is 0.253 e. The summed E-state index contributed by atoms with van der Waals surface area (Å²) in [5, 5.41) is 0. The van der Waals surface area contributed by atoms with Crippen LogP contribution < -0.4 is 9.47 Å². The first-order valence-electron chi connectivity index (χ1n) is 12.7. The predicted octanol–water partition coefficient (Wildman–Crippen LogP) is 5.60. The summed E-state index contributed by atoms with van der Waals surface area (Å²) in [7, 11) is 0. The quantitative estimate of drug-likeness (QED) is 0.597. The minimum Gasteiger partial charge on any atom is -0.490 e. The zero-order chi connectivity index (χ0) is 24.1. The Morgan fingerprint density at radius 3 is 2.59 bits per heavy atom. The Bertz CT molecular complexity index is 1160. The SMILES string of the molecule is CCOc1cc2c(c3c1OC(C)(C)C3)C(c1cccc(C(=O)N3CCCCC3)c1)=NC(C)(C)C2. The second kappa shape index (κ2) is 8.44. The first-order chi connectivity index (χ1) is 16.2. The number of aliphatic imine (C=N–C) groups is 1. The predicted molar refractivity (Wildman–Crippen MR) is 136 cm³/mol. The van der Waals surface area contributed by atoms with E-state index in [9.17, 15) is 4.79 Å². The zero-order valence-electron chi connectivity index (χ0n) is 21.2. The van der Waals surface area contributed by atoms with E-state index in [0.717, 1.165) is 72.7 Å². The number of benzene rings is 2. The van der Waals surface area contributed by atoms with Gasteiger partial charge in [-0.25, -0.2) is 0 Å². The Hall–Kier alpha value is -2.82. The molecule has 0 bridgehead atoms. The molecular weight excluding hydrogens is 424 g/mol. The number of fused-ring (bicyclic) bond motifs is 3. The Morgan fingerprint density at radius 2 is 1.85 bits per heavy atom. The van der Waals surface area contributed by atoms with E-state index in [1.54, 1.807) is 0 Å². The molecule has 5 nitrogen and oxygen atoms in total. The zero-order valence-corrected chi connectivity index (χ0v) is 21.2. The number of carbonyl (C=O) groups excluding carboxylic acids is 1. The van der Waals surface area contributed by atoms with Crippen LogP contribution in [0.15, 0.2) is 35.3 Å². The third-order valence-corrected chi connectivity index (χ3v) is 7.01. The molecule has 180 valence electrons. The molecule has 5 rings (SSSR count). The van der Waals surface area contributed by atoms with Gasteiger partial charge in [-0.2, -0.15) is 0 Å². The molecule has 5 heteroatoms. The number of rotatable bonds is 4. The molecule has 1 fully saturated rings. The van der Waals surface area contributed by atoms with E-state index in [1.807, 2.05) is 30.0 Å². The van der Waals surface area contributed by atoms with Crippen LogP contribution in [0.3, 0.4) is 0 Å². The second-order valence-electron chi connectivity index (χ2n) is 11.1. The number of piperidine rings is 1. The Balaban J connectivity index is 1.62. The summed E-state index contributed by atoms with van der Waals surface area (Å²) in [6, 6.07) is 10.2. The Morgan fingerprint density at radius 1 is 1.09 bits per heavy atom. The van der Waals surface area contributed by atoms with Gasteiger partial charge in [-0.3, -0.25) is 9.79 Å². The van der Waals surface area contributed by atoms with Gasteiger partial charge >= 0.3 is 0 Å². The van der Waals surface area contributed by atoms with Gasteiger partial charge in [0.2, 0.25) is 0 Å². The molecule has 3 aliphatic heterocycles. The minimum atomic E-state index is -0.298. The van der Waals surface area contributed by atoms with Gasteiger partial charge in [-0.05, 0) is 84.1 Å². The van der Waals surface area contributed by atoms with Crippen LogP contribution in [0.5, 0.6) is 11.5 Å². The molecule has 1 saturated heterocycles. The molecule has 0 N–H and O–H groups in total. The second-order valence-corrected chi connectivity index (χ2v) is 11.1. The summed E-state index contributed by atoms with van der Waals surface area (Å²) in [5.41, 5.74) is 5.72. The number of amides is 1. The highest BCUT2D eigenvalue weighted by Crippen LogP contribution is 2.48. The van der Waals surface area contributed by atoms with Crippen LogP contribution in [0.1, 0.15) is 86.5 Å². The van der Waals surface area contributed by atoms with Gasteiger partial charge in [0, 0.05) is 41.8 Å². The van der Waals surface area contributed by atoms with Crippen molar-refractivity contribution in [3.8, 4) is 11.5 Å². The van der Waals surface area contributed by atoms with Crippen LogP contribution >= 0.6 is 0 Å². The van der Waals surface area contributed by atoms with Crippen LogP contribution in [-0.4, -0.2) is 47.4 Å². The largest absolute Gasteiger partial charge is 0.490 e. The fourth-order valence-corrected chi connectivity index (χ4v) is 5.62. The fourth-order valence-electron chi connectivity index (χ4n) is 5.62. The Labute approximate surface area is 203 Å². The number of hydrogen-bond donors (Lipinski definition) is 0. The standard InChI is InChI=1S/C29H36N2O3/c1-6-33-23-16-21-17-28(2,3)30-25(24(21)22-18-29(4,5)34-26(22)23)19-11-10-12-20(15-19)27(32)31-13-8-7-9-14-31/h10-12,15-16H,6-9,13-14,17-18H2,1-5H3. The molecule has 0 aliphatic carbocycles. The maximum absolute atomic E-state index is 13.2. The fraction of sp³-hybridized carbons (Fsp3) is 0.517. The third-order valence-electron chi connectivity index (χ3n) is 7.01. The topological polar surface area (TPSA) is 51.1 Å². The molecule has 3 heterocycles. The smallest absolute Gasteiger partial charge is 0.253 e. The van der Waals surface area contributed by atoms with Crippen molar-refractivity contribution in [1.82, 2.24) is 4.90 Å². The van der Waals surface area contributed by atoms with Crippen molar-refractivity contribution in [2.24, 2.45) is 4.99 Å². The van der Waals surface area contributed by atoms with Gasteiger partial charge in [-0.15, -0.1) is 0 Å². The molecule has 1 amide bonds. The highest BCUT2D eigenvalue weighted by atomic mass is 16.5. The van der Waals surface area contributed by atoms with Gasteiger partial charge in [0.1, 0.15) is 5.60 Å². The summed E-state index contributed by atoms with van der Waals surface area (Å²) < 4.78 is 12.4. The van der Waals surface area contributed by atoms with Crippen molar-refractivity contribution in [2.45, 2.75) is 77.9 Å². The lowest BCUT2D eigenvalue weighted by Gasteiger charge is -2.31. The molecule has 0 spiro atoms. The van der Waals surface area contributed by atoms with Crippen molar-refractivity contribution >= 4 is 11.6 Å². The molecule has 0 radical (unpaired) electrons. The summed E-state index contributed by atoms with van der Waals surface area (Å²) in [4.78, 5) is 20.5. The normalized spacial score (nSPS) is 20.1. The summed E-state index contributed by atoms with van der Waals surface area (Å²) in [6.45, 7) is 12.9. The van der Waals surface area contributed by atoms with Crippen molar-refractivity contribution < 1.29 is 14.3 Å². The molecule has 34 heavy (non-hydrogen) atoms. The third kappa shape index (κ3) is 4.21. The van der Waals surface area contributed by atoms with Crippen molar-refractivity contribution in [3.63, 3.8) is 0 Å². The first kappa shape index (κ1) is 22.9. The minimum absolute atomic E-state index is 0.124. The van der Waals surface area contributed by atoms with Gasteiger partial charge in [-0.1, -0.05) is 12.1 Å². The highest BCUT2D eigenvalue weighted by molar-refractivity contribution is 6.16. The van der Waals surface area contributed by atoms with E-state index in [0.29, 0.717) is 6.61 Å². The molecule has 2 aromatic rings. The van der Waals surface area contributed by atoms with Gasteiger partial charge in [0.05, 0.1) is 17.9 Å². The van der Waals surface area contributed by atoms with Crippen molar-refractivity contribution in [3.05, 3.63) is 58.1 Å². The monoisotopic (exact) mass is 460 g/mol. The van der Waals surface area contributed by atoms with Crippen LogP contribution in [0.2, 0.25) is 0 Å². The first-order valence-corrected chi connectivity index (χ1v) is 12.7. The van der Waals surface area contributed by atoms with E-state index in [1.165, 1.54) is 17.5 Å². The number of hydrogen-bond acceptors (Lipinski definition) is 4. The van der Waals surface area contributed by atoms with Gasteiger partial charge in [0.15, 0.2) is 11.5 Å². The average Bonchev–Trinajstić information content (AvgIpc) is 3.13. The van der Waals surface area contributed by atoms with E-state index in [-0.39, 0.29) is 17.0 Å². The van der Waals surface area contributed by atoms with Crippen LogP contribution in [0.25, 0.3) is 0 Å². The Kier molecular flexibility index (Phi) is 5.70. The van der Waals surface area contributed by atoms with Gasteiger partial charge in [0.25, 0.3) is 5.91 Å². The van der Waals surface area contributed by atoms with Crippen molar-refractivity contribution in [1.29, 1.82) is 0 Å². The van der Waals surface area contributed by atoms with Crippen LogP contribution in [0.4, 0.5) is 0 Å². The van der Waals surface area contributed by atoms with Crippen LogP contribution in [0, 0.1) is 0 Å². The van der Waals surface area contributed by atoms with E-state index < -0.39 is 0 Å². The summed E-state index contributed by atoms with van der Waals surface area (Å²) in [6.07, 6.45) is 5.02. The number of ether oxygens (including phenoxy) is 2. The molecule has 0 aromatic heterocycles. The molecule has 0 unspecified atom stereocenters. The molecule has 0 saturated carbocycles. The van der Waals surface area contributed by atoms with Crippen LogP contribution in [-0.2, 0) is 12.8 Å². The van der Waals surface area contributed by atoms with E-state index in [4.69, 9.17) is 14.5 Å². The molecule has 2 aromatic carbocycles. The molecule has 3 aliphatic rings. The highest BCUT2D eigenvalue weighted by Gasteiger charge is 2.39. The lowest BCUT2D eigenvalue weighted by molar-refractivity contribution is 0.0724. The average molecular weight is 461 g/mol. The number of likely N-dealkylation sites (tertiary alicyclic amines) is 1. The lowest BCUT2D eigenvalue weighted by Crippen LogP contribution is -2.35. The molecule has 0 atom stereocenters. The lowest BCUT2D eigenvalue weighted by atomic mass is 9.80. The van der Waals surface area contributed by atoms with E-state index in [2.05, 4.69) is 39.8 Å². The summed E-state index contributed by atoms with van der Waals surface area (Å²) >= 11 is 0. The summed E-state index contributed by atoms with van der Waals surface area (Å²) in [5.74, 6) is 1.80. The molecular formula is C29H36N2O3. The maximum atomic E-state index is 13.2.